The molecule has 26 heavy (non-hydrogen) atoms. The lowest BCUT2D eigenvalue weighted by molar-refractivity contribution is -0.274. The summed E-state index contributed by atoms with van der Waals surface area (Å²) in [7, 11) is -3.06. The van der Waals surface area contributed by atoms with Gasteiger partial charge < -0.3 is 14.6 Å². The predicted octanol–water partition coefficient (Wildman–Crippen LogP) is 3.09. The number of hydrogen-bond acceptors (Lipinski definition) is 5. The first kappa shape index (κ1) is 19.4. The van der Waals surface area contributed by atoms with Crippen LogP contribution in [-0.4, -0.2) is 33.0 Å². The van der Waals surface area contributed by atoms with E-state index >= 15 is 0 Å². The number of carboxylic acid groups (broad SMARTS) is 1. The van der Waals surface area contributed by atoms with Crippen molar-refractivity contribution in [2.45, 2.75) is 11.3 Å². The number of carbonyl (C=O) groups is 1. The monoisotopic (exact) mass is 391 g/mol. The summed E-state index contributed by atoms with van der Waals surface area (Å²) < 4.78 is 72.1. The summed E-state index contributed by atoms with van der Waals surface area (Å²) in [6.07, 6.45) is -4.87. The Balaban J connectivity index is 2.31. The normalized spacial score (nSPS) is 11.7. The molecule has 0 bridgehead atoms. The summed E-state index contributed by atoms with van der Waals surface area (Å²) in [5, 5.41) is 8.99. The maximum Gasteiger partial charge on any atom is 0.573 e. The summed E-state index contributed by atoms with van der Waals surface area (Å²) >= 11 is 0. The first-order valence-corrected chi connectivity index (χ1v) is 8.30. The van der Waals surface area contributed by atoms with E-state index < -0.39 is 33.0 Å². The van der Waals surface area contributed by atoms with Gasteiger partial charge >= 0.3 is 12.3 Å². The van der Waals surface area contributed by atoms with Crippen molar-refractivity contribution in [3.8, 4) is 11.5 Å². The van der Waals surface area contributed by atoms with Crippen LogP contribution in [0.15, 0.2) is 47.4 Å². The highest BCUT2D eigenvalue weighted by Gasteiger charge is 2.31. The molecule has 0 unspecified atom stereocenters. The van der Waals surface area contributed by atoms with E-state index in [-0.39, 0.29) is 17.0 Å². The van der Waals surface area contributed by atoms with Crippen molar-refractivity contribution in [3.63, 3.8) is 0 Å². The Kier molecular flexibility index (Phi) is 5.30. The van der Waals surface area contributed by atoms with Crippen LogP contribution in [0.25, 0.3) is 0 Å². The van der Waals surface area contributed by atoms with Crippen molar-refractivity contribution in [3.05, 3.63) is 48.0 Å². The maximum absolute atomic E-state index is 12.5. The summed E-state index contributed by atoms with van der Waals surface area (Å²) in [6.45, 7) is 0. The minimum absolute atomic E-state index is 0.0534. The molecule has 2 rings (SSSR count). The van der Waals surface area contributed by atoms with E-state index in [4.69, 9.17) is 9.84 Å². The molecule has 0 saturated heterocycles. The average molecular weight is 391 g/mol. The van der Waals surface area contributed by atoms with Gasteiger partial charge in [0.15, 0.2) is 0 Å². The molecule has 7 nitrogen and oxygen atoms in total. The lowest BCUT2D eigenvalue weighted by Crippen LogP contribution is -2.17. The lowest BCUT2D eigenvalue weighted by atomic mass is 10.2. The van der Waals surface area contributed by atoms with Crippen molar-refractivity contribution in [2.75, 3.05) is 11.8 Å². The van der Waals surface area contributed by atoms with Crippen LogP contribution in [0.1, 0.15) is 10.4 Å². The molecular weight excluding hydrogens is 379 g/mol. The van der Waals surface area contributed by atoms with Gasteiger partial charge in [0.2, 0.25) is 0 Å². The van der Waals surface area contributed by atoms with Gasteiger partial charge in [-0.15, -0.1) is 13.2 Å². The van der Waals surface area contributed by atoms with Crippen LogP contribution in [0.5, 0.6) is 11.5 Å². The smallest absolute Gasteiger partial charge is 0.495 e. The number of halogens is 3. The standard InChI is InChI=1S/C15H12F3NO6S/c1-24-12-7-2-9(14(20)21)8-13(12)26(22,23)19-10-3-5-11(6-4-10)25-15(16,17)18/h2-8,19H,1H3,(H,20,21). The van der Waals surface area contributed by atoms with E-state index in [1.54, 1.807) is 0 Å². The minimum Gasteiger partial charge on any atom is -0.495 e. The molecule has 0 atom stereocenters. The number of nitrogens with one attached hydrogen (secondary N) is 1. The van der Waals surface area contributed by atoms with E-state index in [2.05, 4.69) is 9.46 Å². The van der Waals surface area contributed by atoms with Gasteiger partial charge in [-0.3, -0.25) is 4.72 Å². The molecule has 140 valence electrons. The second-order valence-electron chi connectivity index (χ2n) is 4.85. The molecule has 2 aromatic rings. The first-order valence-electron chi connectivity index (χ1n) is 6.82. The fourth-order valence-corrected chi connectivity index (χ4v) is 3.21. The molecule has 0 heterocycles. The summed E-state index contributed by atoms with van der Waals surface area (Å²) in [5.74, 6) is -1.96. The maximum atomic E-state index is 12.5. The fraction of sp³-hybridized carbons (Fsp3) is 0.133. The van der Waals surface area contributed by atoms with E-state index in [1.807, 2.05) is 0 Å². The highest BCUT2D eigenvalue weighted by Crippen LogP contribution is 2.28. The minimum atomic E-state index is -4.87. The number of benzene rings is 2. The third kappa shape index (κ3) is 4.79. The Bertz CT molecular complexity index is 910. The Labute approximate surface area is 146 Å². The Hall–Kier alpha value is -2.95. The topological polar surface area (TPSA) is 102 Å². The van der Waals surface area contributed by atoms with Gasteiger partial charge in [-0.2, -0.15) is 0 Å². The quantitative estimate of drug-likeness (QED) is 0.785. The van der Waals surface area contributed by atoms with Gasteiger partial charge in [0, 0.05) is 5.69 Å². The zero-order valence-electron chi connectivity index (χ0n) is 13.1. The summed E-state index contributed by atoms with van der Waals surface area (Å²) in [6, 6.07) is 7.23. The number of ether oxygens (including phenoxy) is 2. The van der Waals surface area contributed by atoms with Crippen molar-refractivity contribution in [1.29, 1.82) is 0 Å². The molecule has 0 saturated carbocycles. The van der Waals surface area contributed by atoms with Crippen molar-refractivity contribution < 1.29 is 41.0 Å². The third-order valence-corrected chi connectivity index (χ3v) is 4.44. The number of aromatic carboxylic acids is 1. The lowest BCUT2D eigenvalue weighted by Gasteiger charge is -2.13. The number of sulfonamides is 1. The highest BCUT2D eigenvalue weighted by molar-refractivity contribution is 7.92. The summed E-state index contributed by atoms with van der Waals surface area (Å²) in [5.41, 5.74) is -0.331. The van der Waals surface area contributed by atoms with Crippen molar-refractivity contribution in [2.24, 2.45) is 0 Å². The SMILES string of the molecule is COc1ccc(C(=O)O)cc1S(=O)(=O)Nc1ccc(OC(F)(F)F)cc1. The molecule has 0 spiro atoms. The molecule has 2 aromatic carbocycles. The Morgan fingerprint density at radius 1 is 1.12 bits per heavy atom. The molecule has 0 aliphatic heterocycles. The zero-order valence-corrected chi connectivity index (χ0v) is 13.9. The molecule has 0 aliphatic carbocycles. The van der Waals surface area contributed by atoms with Crippen LogP contribution in [-0.2, 0) is 10.0 Å². The van der Waals surface area contributed by atoms with Crippen LogP contribution in [0, 0.1) is 0 Å². The average Bonchev–Trinajstić information content (AvgIpc) is 2.54. The second kappa shape index (κ2) is 7.12. The first-order chi connectivity index (χ1) is 12.0. The molecule has 2 N–H and O–H groups in total. The van der Waals surface area contributed by atoms with Crippen molar-refractivity contribution in [1.82, 2.24) is 0 Å². The molecule has 0 radical (unpaired) electrons. The van der Waals surface area contributed by atoms with Gasteiger partial charge in [-0.25, -0.2) is 13.2 Å². The van der Waals surface area contributed by atoms with E-state index in [0.717, 1.165) is 30.3 Å². The van der Waals surface area contributed by atoms with E-state index in [9.17, 15) is 26.4 Å². The van der Waals surface area contributed by atoms with Gasteiger partial charge in [0.05, 0.1) is 12.7 Å². The predicted molar refractivity (Wildman–Crippen MR) is 83.9 cm³/mol. The van der Waals surface area contributed by atoms with E-state index in [0.29, 0.717) is 0 Å². The van der Waals surface area contributed by atoms with Crippen LogP contribution < -0.4 is 14.2 Å². The summed E-state index contributed by atoms with van der Waals surface area (Å²) in [4.78, 5) is 10.6. The molecule has 0 amide bonds. The fourth-order valence-electron chi connectivity index (χ4n) is 1.95. The van der Waals surface area contributed by atoms with Gasteiger partial charge in [0.1, 0.15) is 16.4 Å². The molecule has 0 aliphatic rings. The van der Waals surface area contributed by atoms with Gasteiger partial charge in [0.25, 0.3) is 10.0 Å². The number of rotatable bonds is 6. The Morgan fingerprint density at radius 3 is 2.23 bits per heavy atom. The number of hydrogen-bond donors (Lipinski definition) is 2. The van der Waals surface area contributed by atoms with Gasteiger partial charge in [-0.1, -0.05) is 0 Å². The third-order valence-electron chi connectivity index (χ3n) is 3.04. The highest BCUT2D eigenvalue weighted by atomic mass is 32.2. The number of carboxylic acids is 1. The molecule has 11 heteroatoms. The zero-order chi connectivity index (χ0) is 19.5. The van der Waals surface area contributed by atoms with Gasteiger partial charge in [-0.05, 0) is 42.5 Å². The van der Waals surface area contributed by atoms with Crippen LogP contribution in [0.3, 0.4) is 0 Å². The number of alkyl halides is 3. The second-order valence-corrected chi connectivity index (χ2v) is 6.50. The largest absolute Gasteiger partial charge is 0.573 e. The Morgan fingerprint density at radius 2 is 1.73 bits per heavy atom. The number of methoxy groups -OCH3 is 1. The van der Waals surface area contributed by atoms with Crippen molar-refractivity contribution >= 4 is 21.7 Å². The van der Waals surface area contributed by atoms with Crippen LogP contribution in [0.4, 0.5) is 18.9 Å². The van der Waals surface area contributed by atoms with E-state index in [1.165, 1.54) is 19.2 Å². The van der Waals surface area contributed by atoms with Crippen LogP contribution in [0.2, 0.25) is 0 Å². The molecular formula is C15H12F3NO6S. The van der Waals surface area contributed by atoms with Crippen LogP contribution >= 0.6 is 0 Å². The number of anilines is 1. The molecule has 0 aromatic heterocycles. The molecule has 0 fully saturated rings.